The average molecular weight is 505 g/mol. The van der Waals surface area contributed by atoms with Crippen LogP contribution in [-0.2, 0) is 20.0 Å². The molecule has 0 spiro atoms. The molecule has 0 amide bonds. The molecule has 0 aliphatic rings. The summed E-state index contributed by atoms with van der Waals surface area (Å²) in [4.78, 5) is 0.00253. The third kappa shape index (κ3) is 6.00. The van der Waals surface area contributed by atoms with Crippen LogP contribution in [0.2, 0.25) is 0 Å². The van der Waals surface area contributed by atoms with Crippen LogP contribution in [0.1, 0.15) is 25.0 Å². The summed E-state index contributed by atoms with van der Waals surface area (Å²) in [6.45, 7) is 8.13. The molecule has 10 heteroatoms. The lowest BCUT2D eigenvalue weighted by Gasteiger charge is -2.14. The van der Waals surface area contributed by atoms with Crippen molar-refractivity contribution in [3.8, 4) is 11.5 Å². The van der Waals surface area contributed by atoms with Crippen molar-refractivity contribution < 1.29 is 26.3 Å². The van der Waals surface area contributed by atoms with E-state index < -0.39 is 20.0 Å². The van der Waals surface area contributed by atoms with E-state index in [1.165, 1.54) is 42.5 Å². The van der Waals surface area contributed by atoms with Gasteiger partial charge < -0.3 is 9.47 Å². The van der Waals surface area contributed by atoms with Gasteiger partial charge in [0.05, 0.1) is 28.7 Å². The number of rotatable bonds is 10. The minimum absolute atomic E-state index is 0.00684. The van der Waals surface area contributed by atoms with Crippen LogP contribution >= 0.6 is 0 Å². The number of nitrogens with one attached hydrogen (secondary N) is 2. The molecule has 3 aromatic carbocycles. The van der Waals surface area contributed by atoms with Crippen molar-refractivity contribution in [3.05, 3.63) is 71.8 Å². The molecule has 8 nitrogen and oxygen atoms in total. The maximum Gasteiger partial charge on any atom is 0.262 e. The number of hydrogen-bond donors (Lipinski definition) is 2. The first-order valence-corrected chi connectivity index (χ1v) is 13.6. The zero-order valence-electron chi connectivity index (χ0n) is 19.5. The summed E-state index contributed by atoms with van der Waals surface area (Å²) in [5.74, 6) is 0.778. The molecule has 182 valence electrons. The highest BCUT2D eigenvalue weighted by Gasteiger charge is 2.19. The van der Waals surface area contributed by atoms with Gasteiger partial charge in [-0.05, 0) is 75.7 Å². The quantitative estimate of drug-likeness (QED) is 0.414. The highest BCUT2D eigenvalue weighted by molar-refractivity contribution is 7.93. The lowest BCUT2D eigenvalue weighted by molar-refractivity contribution is 0.287. The van der Waals surface area contributed by atoms with Crippen LogP contribution in [0.5, 0.6) is 11.5 Å². The van der Waals surface area contributed by atoms with Crippen LogP contribution in [-0.4, -0.2) is 30.0 Å². The third-order valence-electron chi connectivity index (χ3n) is 4.87. The van der Waals surface area contributed by atoms with E-state index in [4.69, 9.17) is 9.47 Å². The van der Waals surface area contributed by atoms with Crippen molar-refractivity contribution in [3.63, 3.8) is 0 Å². The minimum atomic E-state index is -3.94. The van der Waals surface area contributed by atoms with Gasteiger partial charge in [0.25, 0.3) is 20.0 Å². The SMILES string of the molecule is CCOc1ccc(S(=O)(=O)Nc2ccc(S(=O)(=O)Nc3ccc(C)cc3C)cc2)cc1OCC. The van der Waals surface area contributed by atoms with Gasteiger partial charge >= 0.3 is 0 Å². The van der Waals surface area contributed by atoms with E-state index in [1.807, 2.05) is 32.9 Å². The van der Waals surface area contributed by atoms with Crippen LogP contribution in [0.15, 0.2) is 70.5 Å². The minimum Gasteiger partial charge on any atom is -0.490 e. The van der Waals surface area contributed by atoms with Crippen LogP contribution in [0.4, 0.5) is 11.4 Å². The zero-order valence-corrected chi connectivity index (χ0v) is 21.1. The van der Waals surface area contributed by atoms with Gasteiger partial charge in [-0.15, -0.1) is 0 Å². The number of sulfonamides is 2. The lowest BCUT2D eigenvalue weighted by atomic mass is 10.1. The molecule has 0 aliphatic carbocycles. The molecule has 0 fully saturated rings. The summed E-state index contributed by atoms with van der Waals surface area (Å²) in [7, 11) is -7.78. The van der Waals surface area contributed by atoms with Crippen molar-refractivity contribution in [2.75, 3.05) is 22.7 Å². The Morgan fingerprint density at radius 2 is 1.26 bits per heavy atom. The Morgan fingerprint density at radius 3 is 1.88 bits per heavy atom. The molecule has 0 saturated carbocycles. The zero-order chi connectivity index (χ0) is 24.9. The first-order valence-electron chi connectivity index (χ1n) is 10.7. The molecule has 0 aliphatic heterocycles. The molecule has 0 heterocycles. The fraction of sp³-hybridized carbons (Fsp3) is 0.250. The molecule has 3 aromatic rings. The van der Waals surface area contributed by atoms with Crippen LogP contribution in [0.25, 0.3) is 0 Å². The Kier molecular flexibility index (Phi) is 7.73. The number of hydrogen-bond acceptors (Lipinski definition) is 6. The van der Waals surface area contributed by atoms with Crippen LogP contribution in [0.3, 0.4) is 0 Å². The van der Waals surface area contributed by atoms with Crippen LogP contribution < -0.4 is 18.9 Å². The summed E-state index contributed by atoms with van der Waals surface area (Å²) >= 11 is 0. The third-order valence-corrected chi connectivity index (χ3v) is 7.63. The second kappa shape index (κ2) is 10.4. The Balaban J connectivity index is 1.80. The first kappa shape index (κ1) is 25.4. The van der Waals surface area contributed by atoms with E-state index in [9.17, 15) is 16.8 Å². The second-order valence-electron chi connectivity index (χ2n) is 7.53. The molecule has 0 radical (unpaired) electrons. The van der Waals surface area contributed by atoms with E-state index in [0.29, 0.717) is 30.4 Å². The van der Waals surface area contributed by atoms with Crippen molar-refractivity contribution in [2.24, 2.45) is 0 Å². The molecule has 3 rings (SSSR count). The number of benzene rings is 3. The lowest BCUT2D eigenvalue weighted by Crippen LogP contribution is -2.15. The molecular formula is C24H28N2O6S2. The molecule has 0 atom stereocenters. The predicted octanol–water partition coefficient (Wildman–Crippen LogP) is 4.70. The van der Waals surface area contributed by atoms with E-state index >= 15 is 0 Å². The molecule has 0 unspecified atom stereocenters. The summed E-state index contributed by atoms with van der Waals surface area (Å²) in [5, 5.41) is 0. The van der Waals surface area contributed by atoms with E-state index in [0.717, 1.165) is 11.1 Å². The molecule has 34 heavy (non-hydrogen) atoms. The summed E-state index contributed by atoms with van der Waals surface area (Å²) < 4.78 is 67.3. The fourth-order valence-corrected chi connectivity index (χ4v) is 5.45. The number of anilines is 2. The van der Waals surface area contributed by atoms with Gasteiger partial charge in [-0.3, -0.25) is 9.44 Å². The van der Waals surface area contributed by atoms with E-state index in [1.54, 1.807) is 13.0 Å². The van der Waals surface area contributed by atoms with Crippen molar-refractivity contribution in [1.29, 1.82) is 0 Å². The maximum atomic E-state index is 12.9. The Morgan fingerprint density at radius 1 is 0.676 bits per heavy atom. The van der Waals surface area contributed by atoms with Gasteiger partial charge in [-0.1, -0.05) is 17.7 Å². The Labute approximate surface area is 201 Å². The molecule has 0 saturated heterocycles. The smallest absolute Gasteiger partial charge is 0.262 e. The largest absolute Gasteiger partial charge is 0.490 e. The van der Waals surface area contributed by atoms with Gasteiger partial charge in [0.15, 0.2) is 11.5 Å². The topological polar surface area (TPSA) is 111 Å². The van der Waals surface area contributed by atoms with E-state index in [-0.39, 0.29) is 15.5 Å². The van der Waals surface area contributed by atoms with Gasteiger partial charge in [0.1, 0.15) is 0 Å². The van der Waals surface area contributed by atoms with Gasteiger partial charge in [-0.25, -0.2) is 16.8 Å². The van der Waals surface area contributed by atoms with E-state index in [2.05, 4.69) is 9.44 Å². The van der Waals surface area contributed by atoms with Crippen molar-refractivity contribution >= 4 is 31.4 Å². The Bertz CT molecular complexity index is 1370. The first-order chi connectivity index (χ1) is 16.1. The maximum absolute atomic E-state index is 12.9. The van der Waals surface area contributed by atoms with Crippen molar-refractivity contribution in [2.45, 2.75) is 37.5 Å². The number of ether oxygens (including phenoxy) is 2. The molecule has 0 aromatic heterocycles. The normalized spacial score (nSPS) is 11.6. The van der Waals surface area contributed by atoms with Gasteiger partial charge in [-0.2, -0.15) is 0 Å². The average Bonchev–Trinajstić information content (AvgIpc) is 2.77. The Hall–Kier alpha value is -3.24. The van der Waals surface area contributed by atoms with Crippen molar-refractivity contribution in [1.82, 2.24) is 0 Å². The van der Waals surface area contributed by atoms with Crippen LogP contribution in [0, 0.1) is 13.8 Å². The standard InChI is InChI=1S/C24H28N2O6S2/c1-5-31-23-14-12-21(16-24(23)32-6-2)34(29,30)25-19-8-10-20(11-9-19)33(27,28)26-22-13-7-17(3)15-18(22)4/h7-16,25-26H,5-6H2,1-4H3. The molecule has 0 bridgehead atoms. The fourth-order valence-electron chi connectivity index (χ4n) is 3.25. The monoisotopic (exact) mass is 504 g/mol. The summed E-state index contributed by atoms with van der Waals surface area (Å²) in [6.07, 6.45) is 0. The van der Waals surface area contributed by atoms with Gasteiger partial charge in [0.2, 0.25) is 0 Å². The summed E-state index contributed by atoms with van der Waals surface area (Å²) in [5.41, 5.74) is 2.53. The second-order valence-corrected chi connectivity index (χ2v) is 10.9. The highest BCUT2D eigenvalue weighted by atomic mass is 32.2. The highest BCUT2D eigenvalue weighted by Crippen LogP contribution is 2.31. The number of aryl methyl sites for hydroxylation is 2. The predicted molar refractivity (Wildman–Crippen MR) is 133 cm³/mol. The summed E-state index contributed by atoms with van der Waals surface area (Å²) in [6, 6.07) is 15.2. The molecular weight excluding hydrogens is 476 g/mol. The van der Waals surface area contributed by atoms with Gasteiger partial charge in [0, 0.05) is 11.8 Å². The molecule has 2 N–H and O–H groups in total.